The van der Waals surface area contributed by atoms with Gasteiger partial charge in [-0.05, 0) is 41.5 Å². The van der Waals surface area contributed by atoms with E-state index in [1.807, 2.05) is 46.4 Å². The number of carbonyl (C=O) groups is 3. The fraction of sp³-hybridized carbons (Fsp3) is 0.880. The molecule has 3 saturated heterocycles. The van der Waals surface area contributed by atoms with E-state index in [1.165, 1.54) is 0 Å². The van der Waals surface area contributed by atoms with Crippen LogP contribution in [0.15, 0.2) is 0 Å². The van der Waals surface area contributed by atoms with Crippen LogP contribution in [0.2, 0.25) is 0 Å². The van der Waals surface area contributed by atoms with Gasteiger partial charge >= 0.3 is 12.1 Å². The molecule has 0 aromatic rings. The summed E-state index contributed by atoms with van der Waals surface area (Å²) in [6.45, 7) is 18.5. The molecule has 0 saturated carbocycles. The molecule has 0 radical (unpaired) electrons. The van der Waals surface area contributed by atoms with Crippen molar-refractivity contribution in [1.29, 1.82) is 0 Å². The molecule has 3 rings (SSSR count). The highest BCUT2D eigenvalue weighted by molar-refractivity contribution is 5.79. The molecule has 0 aromatic heterocycles. The Hall–Kier alpha value is -1.87. The summed E-state index contributed by atoms with van der Waals surface area (Å²) in [6.07, 6.45) is 1.30. The van der Waals surface area contributed by atoms with E-state index in [1.54, 1.807) is 4.90 Å². The zero-order valence-electron chi connectivity index (χ0n) is 22.0. The van der Waals surface area contributed by atoms with Crippen LogP contribution in [-0.2, 0) is 19.1 Å². The number of ether oxygens (including phenoxy) is 2. The van der Waals surface area contributed by atoms with Gasteiger partial charge in [0.1, 0.15) is 11.2 Å². The monoisotopic (exact) mass is 481 g/mol. The number of nitrogens with zero attached hydrogens (tertiary/aromatic N) is 3. The third-order valence-electron chi connectivity index (χ3n) is 6.82. The van der Waals surface area contributed by atoms with Gasteiger partial charge in [-0.1, -0.05) is 0 Å². The molecule has 2 amide bonds. The minimum Gasteiger partial charge on any atom is -0.456 e. The molecule has 3 aliphatic heterocycles. The van der Waals surface area contributed by atoms with Crippen molar-refractivity contribution in [3.05, 3.63) is 0 Å². The molecule has 3 heterocycles. The number of carbonyl (C=O) groups excluding carboxylic acids is 3. The predicted octanol–water partition coefficient (Wildman–Crippen LogP) is 1.85. The van der Waals surface area contributed by atoms with E-state index in [2.05, 4.69) is 5.32 Å². The van der Waals surface area contributed by atoms with Gasteiger partial charge in [0, 0.05) is 63.9 Å². The topological polar surface area (TPSA) is 88.2 Å². The van der Waals surface area contributed by atoms with Crippen LogP contribution in [0.5, 0.6) is 0 Å². The van der Waals surface area contributed by atoms with Gasteiger partial charge in [-0.25, -0.2) is 9.59 Å². The second-order valence-corrected chi connectivity index (χ2v) is 12.3. The molecule has 0 bridgehead atoms. The molecule has 194 valence electrons. The first kappa shape index (κ1) is 26.7. The average molecular weight is 482 g/mol. The van der Waals surface area contributed by atoms with Crippen LogP contribution in [0.3, 0.4) is 0 Å². The Kier molecular flexibility index (Phi) is 8.18. The van der Waals surface area contributed by atoms with Crippen molar-refractivity contribution >= 4 is 18.0 Å². The molecule has 0 atom stereocenters. The first-order valence-corrected chi connectivity index (χ1v) is 12.8. The van der Waals surface area contributed by atoms with Crippen LogP contribution in [-0.4, -0.2) is 109 Å². The number of amides is 2. The van der Waals surface area contributed by atoms with Crippen LogP contribution in [0, 0.1) is 11.8 Å². The highest BCUT2D eigenvalue weighted by Crippen LogP contribution is 2.30. The van der Waals surface area contributed by atoms with Gasteiger partial charge in [0.25, 0.3) is 0 Å². The number of hydrogen-bond donors (Lipinski definition) is 1. The van der Waals surface area contributed by atoms with Gasteiger partial charge < -0.3 is 29.1 Å². The second-order valence-electron chi connectivity index (χ2n) is 12.3. The quantitative estimate of drug-likeness (QED) is 0.476. The number of piperidine rings is 1. The van der Waals surface area contributed by atoms with Crippen molar-refractivity contribution in [2.75, 3.05) is 65.4 Å². The number of piperazine rings is 1. The fourth-order valence-electron chi connectivity index (χ4n) is 5.27. The minimum absolute atomic E-state index is 0.0302. The standard InChI is InChI=1S/C25H45N4O5/c1-24(2,3)33-21(30)18-29(17-19-15-28(16-19)23(32)34-25(4,5)6)13-7-20(8-14-29)22(31)27-11-9-26-10-12-27/h19-20,26H,7-18H2,1-6H3/q+1. The molecule has 3 fully saturated rings. The fourth-order valence-corrected chi connectivity index (χ4v) is 5.27. The molecule has 9 heteroatoms. The Morgan fingerprint density at radius 3 is 1.97 bits per heavy atom. The average Bonchev–Trinajstić information content (AvgIpc) is 2.68. The van der Waals surface area contributed by atoms with E-state index in [4.69, 9.17) is 9.47 Å². The van der Waals surface area contributed by atoms with Crippen molar-refractivity contribution in [2.24, 2.45) is 11.8 Å². The van der Waals surface area contributed by atoms with E-state index in [9.17, 15) is 14.4 Å². The van der Waals surface area contributed by atoms with Gasteiger partial charge in [-0.2, -0.15) is 0 Å². The Labute approximate surface area is 204 Å². The predicted molar refractivity (Wildman–Crippen MR) is 129 cm³/mol. The zero-order chi connectivity index (χ0) is 25.1. The number of nitrogens with one attached hydrogen (secondary N) is 1. The van der Waals surface area contributed by atoms with Crippen LogP contribution < -0.4 is 5.32 Å². The van der Waals surface area contributed by atoms with Crippen LogP contribution in [0.1, 0.15) is 54.4 Å². The Morgan fingerprint density at radius 1 is 0.882 bits per heavy atom. The molecule has 34 heavy (non-hydrogen) atoms. The third kappa shape index (κ3) is 7.57. The lowest BCUT2D eigenvalue weighted by atomic mass is 9.90. The maximum atomic E-state index is 13.0. The lowest BCUT2D eigenvalue weighted by Gasteiger charge is -2.48. The summed E-state index contributed by atoms with van der Waals surface area (Å²) >= 11 is 0. The molecular weight excluding hydrogens is 436 g/mol. The SMILES string of the molecule is CC(C)(C)OC(=O)C[N+]1(CC2CN(C(=O)OC(C)(C)C)C2)CCC(C(=O)N2CCNCC2)CC1. The highest BCUT2D eigenvalue weighted by Gasteiger charge is 2.45. The van der Waals surface area contributed by atoms with Gasteiger partial charge in [0.15, 0.2) is 6.54 Å². The number of likely N-dealkylation sites (tertiary alicyclic amines) is 2. The Bertz CT molecular complexity index is 737. The number of quaternary nitrogens is 1. The van der Waals surface area contributed by atoms with Gasteiger partial charge in [0.2, 0.25) is 5.91 Å². The number of hydrogen-bond acceptors (Lipinski definition) is 6. The first-order valence-electron chi connectivity index (χ1n) is 12.8. The smallest absolute Gasteiger partial charge is 0.410 e. The van der Waals surface area contributed by atoms with E-state index in [-0.39, 0.29) is 23.9 Å². The van der Waals surface area contributed by atoms with Crippen molar-refractivity contribution in [1.82, 2.24) is 15.1 Å². The summed E-state index contributed by atoms with van der Waals surface area (Å²) in [4.78, 5) is 41.9. The van der Waals surface area contributed by atoms with E-state index >= 15 is 0 Å². The summed E-state index contributed by atoms with van der Waals surface area (Å²) in [5, 5.41) is 3.30. The molecule has 0 unspecified atom stereocenters. The van der Waals surface area contributed by atoms with E-state index in [0.717, 1.165) is 58.7 Å². The van der Waals surface area contributed by atoms with Gasteiger partial charge in [0.05, 0.1) is 19.6 Å². The lowest BCUT2D eigenvalue weighted by Crippen LogP contribution is -2.64. The number of esters is 1. The van der Waals surface area contributed by atoms with Crippen molar-refractivity contribution in [3.8, 4) is 0 Å². The summed E-state index contributed by atoms with van der Waals surface area (Å²) in [6, 6.07) is 0. The first-order chi connectivity index (χ1) is 15.8. The van der Waals surface area contributed by atoms with Gasteiger partial charge in [-0.15, -0.1) is 0 Å². The largest absolute Gasteiger partial charge is 0.456 e. The Balaban J connectivity index is 1.60. The maximum absolute atomic E-state index is 13.0. The van der Waals surface area contributed by atoms with Crippen LogP contribution in [0.25, 0.3) is 0 Å². The molecule has 9 nitrogen and oxygen atoms in total. The molecule has 1 N–H and O–H groups in total. The van der Waals surface area contributed by atoms with E-state index < -0.39 is 11.2 Å². The second kappa shape index (κ2) is 10.4. The minimum atomic E-state index is -0.526. The molecule has 0 aromatic carbocycles. The maximum Gasteiger partial charge on any atom is 0.410 e. The summed E-state index contributed by atoms with van der Waals surface area (Å²) < 4.78 is 11.8. The summed E-state index contributed by atoms with van der Waals surface area (Å²) in [5.41, 5.74) is -1.03. The van der Waals surface area contributed by atoms with E-state index in [0.29, 0.717) is 30.0 Å². The lowest BCUT2D eigenvalue weighted by molar-refractivity contribution is -0.930. The summed E-state index contributed by atoms with van der Waals surface area (Å²) in [5.74, 6) is 0.414. The Morgan fingerprint density at radius 2 is 1.44 bits per heavy atom. The van der Waals surface area contributed by atoms with Crippen molar-refractivity contribution < 1.29 is 28.3 Å². The molecule has 0 aliphatic carbocycles. The molecule has 0 spiro atoms. The molecule has 3 aliphatic rings. The molecular formula is C25H45N4O5+. The van der Waals surface area contributed by atoms with Crippen molar-refractivity contribution in [3.63, 3.8) is 0 Å². The normalized spacial score (nSPS) is 26.6. The summed E-state index contributed by atoms with van der Waals surface area (Å²) in [7, 11) is 0. The third-order valence-corrected chi connectivity index (χ3v) is 6.82. The van der Waals surface area contributed by atoms with Crippen LogP contribution >= 0.6 is 0 Å². The van der Waals surface area contributed by atoms with Crippen molar-refractivity contribution in [2.45, 2.75) is 65.6 Å². The van der Waals surface area contributed by atoms with Crippen LogP contribution in [0.4, 0.5) is 4.79 Å². The number of rotatable bonds is 5. The highest BCUT2D eigenvalue weighted by atomic mass is 16.6. The van der Waals surface area contributed by atoms with Gasteiger partial charge in [-0.3, -0.25) is 4.79 Å². The zero-order valence-corrected chi connectivity index (χ0v) is 22.0.